The molecule has 5 heteroatoms. The second-order valence-electron chi connectivity index (χ2n) is 7.83. The smallest absolute Gasteiger partial charge is 0.257 e. The molecule has 0 radical (unpaired) electrons. The Morgan fingerprint density at radius 2 is 1.70 bits per heavy atom. The molecule has 2 N–H and O–H groups in total. The average molecular weight is 405 g/mol. The zero-order valence-corrected chi connectivity index (χ0v) is 17.6. The number of rotatable bonds is 7. The fourth-order valence-electron chi connectivity index (χ4n) is 4.13. The number of ether oxygens (including phenoxy) is 1. The number of para-hydroxylation sites is 1. The van der Waals surface area contributed by atoms with Crippen molar-refractivity contribution < 1.29 is 14.4 Å². The van der Waals surface area contributed by atoms with Gasteiger partial charge in [0.15, 0.2) is 0 Å². The van der Waals surface area contributed by atoms with Crippen molar-refractivity contribution in [2.75, 3.05) is 38.2 Å². The molecular formula is C25H30N3O2+. The third-order valence-corrected chi connectivity index (χ3v) is 5.82. The van der Waals surface area contributed by atoms with Gasteiger partial charge in [-0.05, 0) is 30.7 Å². The number of carbonyl (C=O) groups is 1. The Bertz CT molecular complexity index is 961. The Kier molecular flexibility index (Phi) is 6.62. The van der Waals surface area contributed by atoms with Crippen molar-refractivity contribution in [3.8, 4) is 11.3 Å². The zero-order chi connectivity index (χ0) is 20.8. The quantitative estimate of drug-likeness (QED) is 0.636. The highest BCUT2D eigenvalue weighted by molar-refractivity contribution is 6.06. The lowest BCUT2D eigenvalue weighted by molar-refractivity contribution is -0.908. The molecule has 1 amide bonds. The number of nitrogens with zero attached hydrogens (tertiary/aromatic N) is 1. The van der Waals surface area contributed by atoms with Crippen LogP contribution < -0.4 is 10.2 Å². The fourth-order valence-corrected chi connectivity index (χ4v) is 4.13. The lowest BCUT2D eigenvalue weighted by Gasteiger charge is -2.24. The molecule has 0 spiro atoms. The van der Waals surface area contributed by atoms with Crippen molar-refractivity contribution in [1.29, 1.82) is 0 Å². The van der Waals surface area contributed by atoms with Crippen LogP contribution in [0.25, 0.3) is 11.3 Å². The molecule has 1 aliphatic rings. The minimum Gasteiger partial charge on any atom is -0.370 e. The molecule has 1 aliphatic heterocycles. The summed E-state index contributed by atoms with van der Waals surface area (Å²) in [6, 6.07) is 22.0. The van der Waals surface area contributed by atoms with E-state index in [1.807, 2.05) is 61.5 Å². The summed E-state index contributed by atoms with van der Waals surface area (Å²) < 4.78 is 7.77. The second-order valence-corrected chi connectivity index (χ2v) is 7.83. The van der Waals surface area contributed by atoms with Crippen molar-refractivity contribution >= 4 is 11.6 Å². The lowest BCUT2D eigenvalue weighted by Crippen LogP contribution is -3.14. The van der Waals surface area contributed by atoms with Gasteiger partial charge in [-0.25, -0.2) is 0 Å². The summed E-state index contributed by atoms with van der Waals surface area (Å²) in [6.07, 6.45) is 1.07. The molecule has 0 bridgehead atoms. The summed E-state index contributed by atoms with van der Waals surface area (Å²) >= 11 is 0. The number of quaternary nitrogens is 1. The molecule has 5 nitrogen and oxygen atoms in total. The summed E-state index contributed by atoms with van der Waals surface area (Å²) in [5.41, 5.74) is 4.80. The standard InChI is InChI=1S/C25H29N3O2/c1-20-23(25(29)26-22-11-6-3-7-12-22)19-24(21-9-4-2-5-10-21)28(20)14-8-13-27-15-17-30-18-16-27/h2-7,9-12,19H,8,13-18H2,1H3,(H,26,29)/p+1. The van der Waals surface area contributed by atoms with Gasteiger partial charge in [-0.2, -0.15) is 0 Å². The summed E-state index contributed by atoms with van der Waals surface area (Å²) in [4.78, 5) is 14.6. The van der Waals surface area contributed by atoms with Crippen molar-refractivity contribution in [2.45, 2.75) is 19.9 Å². The van der Waals surface area contributed by atoms with E-state index in [0.717, 1.165) is 74.0 Å². The molecule has 30 heavy (non-hydrogen) atoms. The predicted molar refractivity (Wildman–Crippen MR) is 120 cm³/mol. The van der Waals surface area contributed by atoms with E-state index in [2.05, 4.69) is 22.0 Å². The molecule has 3 aromatic rings. The molecule has 0 aliphatic carbocycles. The first-order valence-corrected chi connectivity index (χ1v) is 10.8. The molecule has 0 saturated carbocycles. The monoisotopic (exact) mass is 404 g/mol. The van der Waals surface area contributed by atoms with E-state index >= 15 is 0 Å². The first kappa shape index (κ1) is 20.4. The van der Waals surface area contributed by atoms with Gasteiger partial charge >= 0.3 is 0 Å². The van der Waals surface area contributed by atoms with Gasteiger partial charge in [-0.1, -0.05) is 48.5 Å². The topological polar surface area (TPSA) is 47.7 Å². The van der Waals surface area contributed by atoms with Crippen molar-refractivity contribution in [1.82, 2.24) is 4.57 Å². The number of carbonyl (C=O) groups excluding carboxylic acids is 1. The molecule has 1 saturated heterocycles. The molecule has 2 heterocycles. The van der Waals surface area contributed by atoms with Crippen LogP contribution >= 0.6 is 0 Å². The Morgan fingerprint density at radius 3 is 2.40 bits per heavy atom. The predicted octanol–water partition coefficient (Wildman–Crippen LogP) is 3.02. The first-order chi connectivity index (χ1) is 14.7. The molecule has 0 atom stereocenters. The van der Waals surface area contributed by atoms with Gasteiger partial charge in [0.1, 0.15) is 13.1 Å². The maximum Gasteiger partial charge on any atom is 0.257 e. The summed E-state index contributed by atoms with van der Waals surface area (Å²) in [5, 5.41) is 3.03. The van der Waals surface area contributed by atoms with Gasteiger partial charge in [0, 0.05) is 30.0 Å². The number of nitrogens with one attached hydrogen (secondary N) is 2. The number of hydrogen-bond acceptors (Lipinski definition) is 2. The summed E-state index contributed by atoms with van der Waals surface area (Å²) in [6.45, 7) is 7.96. The number of amides is 1. The van der Waals surface area contributed by atoms with Crippen LogP contribution in [0, 0.1) is 6.92 Å². The van der Waals surface area contributed by atoms with E-state index in [9.17, 15) is 4.79 Å². The first-order valence-electron chi connectivity index (χ1n) is 10.8. The second kappa shape index (κ2) is 9.74. The van der Waals surface area contributed by atoms with E-state index in [4.69, 9.17) is 4.74 Å². The van der Waals surface area contributed by atoms with E-state index in [1.165, 1.54) is 0 Å². The van der Waals surface area contributed by atoms with E-state index < -0.39 is 0 Å². The van der Waals surface area contributed by atoms with Gasteiger partial charge in [-0.15, -0.1) is 0 Å². The summed E-state index contributed by atoms with van der Waals surface area (Å²) in [7, 11) is 0. The largest absolute Gasteiger partial charge is 0.370 e. The molecule has 156 valence electrons. The van der Waals surface area contributed by atoms with Crippen LogP contribution in [0.3, 0.4) is 0 Å². The van der Waals surface area contributed by atoms with Crippen LogP contribution in [-0.2, 0) is 11.3 Å². The van der Waals surface area contributed by atoms with E-state index in [-0.39, 0.29) is 5.91 Å². The van der Waals surface area contributed by atoms with Gasteiger partial charge in [0.2, 0.25) is 0 Å². The van der Waals surface area contributed by atoms with Crippen LogP contribution in [0.2, 0.25) is 0 Å². The molecule has 1 fully saturated rings. The number of anilines is 1. The molecular weight excluding hydrogens is 374 g/mol. The third kappa shape index (κ3) is 4.81. The minimum atomic E-state index is -0.0616. The Hall–Kier alpha value is -2.89. The van der Waals surface area contributed by atoms with Crippen molar-refractivity contribution in [3.05, 3.63) is 78.0 Å². The molecule has 0 unspecified atom stereocenters. The lowest BCUT2D eigenvalue weighted by atomic mass is 10.1. The summed E-state index contributed by atoms with van der Waals surface area (Å²) in [5.74, 6) is -0.0616. The maximum absolute atomic E-state index is 13.0. The minimum absolute atomic E-state index is 0.0616. The zero-order valence-electron chi connectivity index (χ0n) is 17.6. The van der Waals surface area contributed by atoms with Gasteiger partial charge < -0.3 is 19.5 Å². The normalized spacial score (nSPS) is 14.6. The van der Waals surface area contributed by atoms with Crippen LogP contribution in [0.15, 0.2) is 66.7 Å². The highest BCUT2D eigenvalue weighted by Crippen LogP contribution is 2.27. The fraction of sp³-hybridized carbons (Fsp3) is 0.320. The molecule has 1 aromatic heterocycles. The Morgan fingerprint density at radius 1 is 1.03 bits per heavy atom. The van der Waals surface area contributed by atoms with Gasteiger partial charge in [0.05, 0.1) is 25.3 Å². The Labute approximate surface area is 178 Å². The van der Waals surface area contributed by atoms with E-state index in [0.29, 0.717) is 0 Å². The SMILES string of the molecule is Cc1c(C(=O)Nc2ccccc2)cc(-c2ccccc2)n1CCC[NH+]1CCOCC1. The van der Waals surface area contributed by atoms with Crippen LogP contribution in [0.5, 0.6) is 0 Å². The number of benzene rings is 2. The molecule has 4 rings (SSSR count). The van der Waals surface area contributed by atoms with Gasteiger partial charge in [-0.3, -0.25) is 4.79 Å². The highest BCUT2D eigenvalue weighted by atomic mass is 16.5. The number of aromatic nitrogens is 1. The van der Waals surface area contributed by atoms with Crippen LogP contribution in [0.1, 0.15) is 22.5 Å². The van der Waals surface area contributed by atoms with Crippen LogP contribution in [-0.4, -0.2) is 43.3 Å². The average Bonchev–Trinajstić information content (AvgIpc) is 3.12. The number of hydrogen-bond donors (Lipinski definition) is 2. The Balaban J connectivity index is 1.56. The molecule has 2 aromatic carbocycles. The maximum atomic E-state index is 13.0. The van der Waals surface area contributed by atoms with Crippen molar-refractivity contribution in [2.24, 2.45) is 0 Å². The van der Waals surface area contributed by atoms with E-state index in [1.54, 1.807) is 4.90 Å². The number of morpholine rings is 1. The highest BCUT2D eigenvalue weighted by Gasteiger charge is 2.19. The third-order valence-electron chi connectivity index (χ3n) is 5.82. The van der Waals surface area contributed by atoms with Crippen molar-refractivity contribution in [3.63, 3.8) is 0 Å². The van der Waals surface area contributed by atoms with Gasteiger partial charge in [0.25, 0.3) is 5.91 Å². The van der Waals surface area contributed by atoms with Crippen LogP contribution in [0.4, 0.5) is 5.69 Å².